The molecule has 0 aliphatic carbocycles. The number of furan rings is 1. The Hall–Kier alpha value is -3.17. The van der Waals surface area contributed by atoms with Gasteiger partial charge in [-0.25, -0.2) is 13.8 Å². The highest BCUT2D eigenvalue weighted by Gasteiger charge is 2.19. The van der Waals surface area contributed by atoms with Crippen LogP contribution >= 0.6 is 23.4 Å². The minimum absolute atomic E-state index is 0.0639. The Kier molecular flexibility index (Phi) is 6.29. The molecule has 0 saturated carbocycles. The molecule has 4 aromatic rings. The van der Waals surface area contributed by atoms with Crippen LogP contribution < -0.4 is 5.56 Å². The zero-order valence-corrected chi connectivity index (χ0v) is 18.3. The second-order valence-electron chi connectivity index (χ2n) is 6.91. The van der Waals surface area contributed by atoms with E-state index >= 15 is 0 Å². The molecule has 0 atom stereocenters. The van der Waals surface area contributed by atoms with Crippen LogP contribution in [0.15, 0.2) is 69.2 Å². The third-order valence-electron chi connectivity index (χ3n) is 4.67. The van der Waals surface area contributed by atoms with Crippen molar-refractivity contribution in [3.63, 3.8) is 0 Å². The van der Waals surface area contributed by atoms with E-state index in [0.717, 1.165) is 28.5 Å². The number of hydrogen-bond donors (Lipinski definition) is 0. The van der Waals surface area contributed by atoms with Gasteiger partial charge in [0.05, 0.1) is 35.2 Å². The number of fused-ring (bicyclic) bond motifs is 1. The Balaban J connectivity index is 1.71. The first-order valence-corrected chi connectivity index (χ1v) is 10.8. The van der Waals surface area contributed by atoms with Crippen molar-refractivity contribution >= 4 is 40.2 Å². The molecule has 6 nitrogen and oxygen atoms in total. The number of carbonyl (C=O) groups excluding carboxylic acids is 1. The van der Waals surface area contributed by atoms with Gasteiger partial charge in [-0.3, -0.25) is 14.2 Å². The predicted octanol–water partition coefficient (Wildman–Crippen LogP) is 4.66. The molecular weight excluding hydrogens is 460 g/mol. The van der Waals surface area contributed by atoms with Gasteiger partial charge in [0.25, 0.3) is 5.56 Å². The maximum atomic E-state index is 14.6. The lowest BCUT2D eigenvalue weighted by Gasteiger charge is -2.17. The molecule has 0 N–H and O–H groups in total. The summed E-state index contributed by atoms with van der Waals surface area (Å²) in [4.78, 5) is 31.7. The highest BCUT2D eigenvalue weighted by atomic mass is 35.5. The lowest BCUT2D eigenvalue weighted by atomic mass is 10.2. The number of hydrogen-bond acceptors (Lipinski definition) is 5. The second kappa shape index (κ2) is 9.13. The number of benzene rings is 2. The number of rotatable bonds is 6. The third-order valence-corrected chi connectivity index (χ3v) is 5.83. The molecule has 2 aromatic carbocycles. The van der Waals surface area contributed by atoms with Crippen LogP contribution in [0.1, 0.15) is 5.76 Å². The van der Waals surface area contributed by atoms with Crippen molar-refractivity contribution in [3.8, 4) is 5.69 Å². The normalized spacial score (nSPS) is 11.1. The number of carbonyl (C=O) groups is 1. The smallest absolute Gasteiger partial charge is 0.266 e. The summed E-state index contributed by atoms with van der Waals surface area (Å²) in [6.45, 7) is 0.273. The Morgan fingerprint density at radius 1 is 1.22 bits per heavy atom. The molecule has 0 unspecified atom stereocenters. The number of halogens is 3. The number of nitrogens with zero attached hydrogens (tertiary/aromatic N) is 3. The topological polar surface area (TPSA) is 68.3 Å². The van der Waals surface area contributed by atoms with E-state index in [1.54, 1.807) is 31.3 Å². The van der Waals surface area contributed by atoms with Crippen molar-refractivity contribution in [2.45, 2.75) is 11.7 Å². The zero-order chi connectivity index (χ0) is 22.8. The summed E-state index contributed by atoms with van der Waals surface area (Å²) in [5.41, 5.74) is -0.413. The van der Waals surface area contributed by atoms with Crippen molar-refractivity contribution in [3.05, 3.63) is 87.6 Å². The fourth-order valence-electron chi connectivity index (χ4n) is 3.07. The molecule has 1 amide bonds. The third kappa shape index (κ3) is 4.53. The van der Waals surface area contributed by atoms with Crippen LogP contribution in [-0.4, -0.2) is 33.2 Å². The lowest BCUT2D eigenvalue weighted by Crippen LogP contribution is -2.28. The standard InChI is InChI=1S/C22H16ClF2N3O3S/c1-27(11-15-3-2-8-31-15)20(29)12-32-22-26-18-6-4-13(23)9-16(18)21(30)28(22)19-7-5-14(24)10-17(19)25/h2-10H,11-12H2,1H3. The van der Waals surface area contributed by atoms with Gasteiger partial charge in [-0.2, -0.15) is 0 Å². The van der Waals surface area contributed by atoms with E-state index in [0.29, 0.717) is 22.4 Å². The molecule has 4 rings (SSSR count). The predicted molar refractivity (Wildman–Crippen MR) is 118 cm³/mol. The average molecular weight is 476 g/mol. The Labute approximate surface area is 190 Å². The highest BCUT2D eigenvalue weighted by molar-refractivity contribution is 7.99. The molecule has 2 aromatic heterocycles. The minimum atomic E-state index is -0.932. The Bertz CT molecular complexity index is 1360. The Morgan fingerprint density at radius 2 is 2.03 bits per heavy atom. The molecule has 0 saturated heterocycles. The first-order chi connectivity index (χ1) is 15.3. The quantitative estimate of drug-likeness (QED) is 0.300. The fraction of sp³-hybridized carbons (Fsp3) is 0.136. The van der Waals surface area contributed by atoms with Crippen molar-refractivity contribution in [1.29, 1.82) is 0 Å². The second-order valence-corrected chi connectivity index (χ2v) is 8.29. The summed E-state index contributed by atoms with van der Waals surface area (Å²) in [7, 11) is 1.62. The van der Waals surface area contributed by atoms with Crippen LogP contribution in [0.2, 0.25) is 5.02 Å². The molecule has 2 heterocycles. The summed E-state index contributed by atoms with van der Waals surface area (Å²) in [5.74, 6) is -1.40. The van der Waals surface area contributed by atoms with Crippen molar-refractivity contribution in [1.82, 2.24) is 14.5 Å². The summed E-state index contributed by atoms with van der Waals surface area (Å²) in [6, 6.07) is 10.9. The average Bonchev–Trinajstić information content (AvgIpc) is 3.26. The van der Waals surface area contributed by atoms with Crippen LogP contribution in [0.3, 0.4) is 0 Å². The van der Waals surface area contributed by atoms with Crippen LogP contribution in [0.25, 0.3) is 16.6 Å². The summed E-state index contributed by atoms with van der Waals surface area (Å²) < 4.78 is 34.3. The van der Waals surface area contributed by atoms with Crippen LogP contribution in [0.4, 0.5) is 8.78 Å². The van der Waals surface area contributed by atoms with Gasteiger partial charge in [-0.05, 0) is 42.5 Å². The van der Waals surface area contributed by atoms with Crippen molar-refractivity contribution in [2.24, 2.45) is 0 Å². The van der Waals surface area contributed by atoms with E-state index in [-0.39, 0.29) is 34.4 Å². The number of aromatic nitrogens is 2. The minimum Gasteiger partial charge on any atom is -0.467 e. The molecule has 0 aliphatic heterocycles. The first kappa shape index (κ1) is 22.0. The molecule has 0 bridgehead atoms. The van der Waals surface area contributed by atoms with Gasteiger partial charge in [-0.15, -0.1) is 0 Å². The van der Waals surface area contributed by atoms with Gasteiger partial charge in [0.15, 0.2) is 5.16 Å². The van der Waals surface area contributed by atoms with E-state index < -0.39 is 17.2 Å². The van der Waals surface area contributed by atoms with Crippen LogP contribution in [0.5, 0.6) is 0 Å². The molecule has 0 fully saturated rings. The number of thioether (sulfide) groups is 1. The maximum absolute atomic E-state index is 14.6. The number of amides is 1. The SMILES string of the molecule is CN(Cc1ccco1)C(=O)CSc1nc2ccc(Cl)cc2c(=O)n1-c1ccc(F)cc1F. The monoisotopic (exact) mass is 475 g/mol. The fourth-order valence-corrected chi connectivity index (χ4v) is 4.19. The van der Waals surface area contributed by atoms with Gasteiger partial charge in [0, 0.05) is 18.1 Å². The highest BCUT2D eigenvalue weighted by Crippen LogP contribution is 2.25. The van der Waals surface area contributed by atoms with Gasteiger partial charge in [-0.1, -0.05) is 23.4 Å². The van der Waals surface area contributed by atoms with E-state index in [1.807, 2.05) is 0 Å². The molecule has 0 aliphatic rings. The van der Waals surface area contributed by atoms with Gasteiger partial charge >= 0.3 is 0 Å². The van der Waals surface area contributed by atoms with E-state index in [2.05, 4.69) is 4.98 Å². The van der Waals surface area contributed by atoms with Gasteiger partial charge in [0.2, 0.25) is 5.91 Å². The molecule has 10 heteroatoms. The van der Waals surface area contributed by atoms with Crippen molar-refractivity contribution < 1.29 is 18.0 Å². The van der Waals surface area contributed by atoms with Gasteiger partial charge < -0.3 is 9.32 Å². The molecule has 164 valence electrons. The van der Waals surface area contributed by atoms with E-state index in [9.17, 15) is 18.4 Å². The summed E-state index contributed by atoms with van der Waals surface area (Å²) in [6.07, 6.45) is 1.52. The zero-order valence-electron chi connectivity index (χ0n) is 16.7. The van der Waals surface area contributed by atoms with Crippen LogP contribution in [0, 0.1) is 11.6 Å². The lowest BCUT2D eigenvalue weighted by molar-refractivity contribution is -0.127. The van der Waals surface area contributed by atoms with E-state index in [1.165, 1.54) is 17.2 Å². The van der Waals surface area contributed by atoms with Gasteiger partial charge in [0.1, 0.15) is 17.4 Å². The van der Waals surface area contributed by atoms with Crippen molar-refractivity contribution in [2.75, 3.05) is 12.8 Å². The first-order valence-electron chi connectivity index (χ1n) is 9.40. The Morgan fingerprint density at radius 3 is 2.75 bits per heavy atom. The molecule has 0 spiro atoms. The maximum Gasteiger partial charge on any atom is 0.266 e. The van der Waals surface area contributed by atoms with Crippen LogP contribution in [-0.2, 0) is 11.3 Å². The van der Waals surface area contributed by atoms with E-state index in [4.69, 9.17) is 16.0 Å². The largest absolute Gasteiger partial charge is 0.467 e. The summed E-state index contributed by atoms with van der Waals surface area (Å²) >= 11 is 6.99. The molecule has 0 radical (unpaired) electrons. The summed E-state index contributed by atoms with van der Waals surface area (Å²) in [5, 5.41) is 0.583. The molecule has 32 heavy (non-hydrogen) atoms. The molecular formula is C22H16ClF2N3O3S.